The maximum atomic E-state index is 13.3. The molecule has 0 bridgehead atoms. The summed E-state index contributed by atoms with van der Waals surface area (Å²) in [7, 11) is 1.76. The second-order valence-corrected chi connectivity index (χ2v) is 4.88. The molecule has 0 aromatic heterocycles. The van der Waals surface area contributed by atoms with Crippen LogP contribution in [0.4, 0.5) is 4.39 Å². The van der Waals surface area contributed by atoms with Crippen LogP contribution in [0.25, 0.3) is 0 Å². The highest BCUT2D eigenvalue weighted by atomic mass is 35.5. The summed E-state index contributed by atoms with van der Waals surface area (Å²) < 4.78 is 13.3. The van der Waals surface area contributed by atoms with Crippen molar-refractivity contribution < 1.29 is 9.18 Å². The van der Waals surface area contributed by atoms with Crippen LogP contribution in [0.15, 0.2) is 24.3 Å². The van der Waals surface area contributed by atoms with Crippen LogP contribution in [-0.2, 0) is 4.79 Å². The van der Waals surface area contributed by atoms with E-state index in [9.17, 15) is 9.18 Å². The number of benzene rings is 1. The number of halogens is 2. The molecule has 1 aliphatic heterocycles. The number of nitrogens with zero attached hydrogens (tertiary/aromatic N) is 1. The van der Waals surface area contributed by atoms with Gasteiger partial charge in [-0.2, -0.15) is 0 Å². The molecule has 0 saturated carbocycles. The smallest absolute Gasteiger partial charge is 0.237 e. The Morgan fingerprint density at radius 1 is 1.53 bits per heavy atom. The predicted molar refractivity (Wildman–Crippen MR) is 75.8 cm³/mol. The Balaban J connectivity index is 0.00000180. The molecule has 1 saturated heterocycles. The molecule has 2 rings (SSSR count). The molecule has 19 heavy (non-hydrogen) atoms. The number of likely N-dealkylation sites (N-methyl/N-ethyl adjacent to an activating group) is 1. The topological polar surface area (TPSA) is 32.3 Å². The fourth-order valence-electron chi connectivity index (χ4n) is 2.68. The molecule has 1 aromatic carbocycles. The van der Waals surface area contributed by atoms with E-state index in [0.29, 0.717) is 12.5 Å². The lowest BCUT2D eigenvalue weighted by Gasteiger charge is -2.27. The van der Waals surface area contributed by atoms with Crippen molar-refractivity contribution in [1.82, 2.24) is 10.2 Å². The third kappa shape index (κ3) is 3.45. The molecular weight excluding hydrogens is 267 g/mol. The largest absolute Gasteiger partial charge is 0.334 e. The molecule has 2 atom stereocenters. The van der Waals surface area contributed by atoms with Gasteiger partial charge in [-0.1, -0.05) is 19.1 Å². The minimum absolute atomic E-state index is 0. The van der Waals surface area contributed by atoms with Crippen molar-refractivity contribution in [3.8, 4) is 0 Å². The first kappa shape index (κ1) is 15.9. The molecule has 5 heteroatoms. The van der Waals surface area contributed by atoms with Crippen molar-refractivity contribution in [1.29, 1.82) is 0 Å². The Labute approximate surface area is 119 Å². The van der Waals surface area contributed by atoms with E-state index in [2.05, 4.69) is 12.2 Å². The van der Waals surface area contributed by atoms with Gasteiger partial charge in [-0.15, -0.1) is 12.4 Å². The molecule has 106 valence electrons. The second kappa shape index (κ2) is 6.87. The highest BCUT2D eigenvalue weighted by Gasteiger charge is 2.35. The molecule has 0 spiro atoms. The van der Waals surface area contributed by atoms with E-state index < -0.39 is 0 Å². The van der Waals surface area contributed by atoms with E-state index in [1.807, 2.05) is 11.0 Å². The standard InChI is InChI=1S/C14H19FN2O.ClH/c1-10-6-7-17(13(18)9-16-2)14(10)11-4-3-5-12(15)8-11;/h3-5,8,10,14,16H,6-7,9H2,1-2H3;1H. The molecular formula is C14H20ClFN2O. The molecule has 1 amide bonds. The molecule has 1 fully saturated rings. The van der Waals surface area contributed by atoms with Gasteiger partial charge in [0.2, 0.25) is 5.91 Å². The number of likely N-dealkylation sites (tertiary alicyclic amines) is 1. The van der Waals surface area contributed by atoms with Crippen LogP contribution >= 0.6 is 12.4 Å². The summed E-state index contributed by atoms with van der Waals surface area (Å²) >= 11 is 0. The molecule has 1 N–H and O–H groups in total. The third-order valence-electron chi connectivity index (χ3n) is 3.54. The average molecular weight is 287 g/mol. The first-order chi connectivity index (χ1) is 8.63. The Morgan fingerprint density at radius 2 is 2.26 bits per heavy atom. The Morgan fingerprint density at radius 3 is 2.89 bits per heavy atom. The fourth-order valence-corrected chi connectivity index (χ4v) is 2.68. The van der Waals surface area contributed by atoms with E-state index in [0.717, 1.165) is 18.5 Å². The summed E-state index contributed by atoms with van der Waals surface area (Å²) in [5, 5.41) is 2.88. The SMILES string of the molecule is CNCC(=O)N1CCC(C)C1c1cccc(F)c1.Cl. The maximum Gasteiger partial charge on any atom is 0.237 e. The Kier molecular flexibility index (Phi) is 5.76. The van der Waals surface area contributed by atoms with Gasteiger partial charge in [0.15, 0.2) is 0 Å². The lowest BCUT2D eigenvalue weighted by atomic mass is 9.95. The zero-order valence-electron chi connectivity index (χ0n) is 11.2. The van der Waals surface area contributed by atoms with Gasteiger partial charge in [-0.05, 0) is 37.1 Å². The molecule has 1 aliphatic rings. The van der Waals surface area contributed by atoms with Gasteiger partial charge in [0.1, 0.15) is 5.82 Å². The zero-order chi connectivity index (χ0) is 13.1. The van der Waals surface area contributed by atoms with Crippen LogP contribution in [0, 0.1) is 11.7 Å². The predicted octanol–water partition coefficient (Wildman–Crippen LogP) is 2.38. The molecule has 0 radical (unpaired) electrons. The monoisotopic (exact) mass is 286 g/mol. The lowest BCUT2D eigenvalue weighted by molar-refractivity contribution is -0.131. The number of nitrogens with one attached hydrogen (secondary N) is 1. The van der Waals surface area contributed by atoms with Crippen molar-refractivity contribution in [3.05, 3.63) is 35.6 Å². The van der Waals surface area contributed by atoms with Gasteiger partial charge in [0.05, 0.1) is 12.6 Å². The summed E-state index contributed by atoms with van der Waals surface area (Å²) in [6.45, 7) is 3.20. The van der Waals surface area contributed by atoms with E-state index in [1.54, 1.807) is 13.1 Å². The lowest BCUT2D eigenvalue weighted by Crippen LogP contribution is -2.37. The number of rotatable bonds is 3. The van der Waals surface area contributed by atoms with Crippen molar-refractivity contribution in [2.24, 2.45) is 5.92 Å². The van der Waals surface area contributed by atoms with Gasteiger partial charge in [-0.25, -0.2) is 4.39 Å². The summed E-state index contributed by atoms with van der Waals surface area (Å²) in [5.41, 5.74) is 0.893. The van der Waals surface area contributed by atoms with Gasteiger partial charge < -0.3 is 10.2 Å². The molecule has 1 aromatic rings. The van der Waals surface area contributed by atoms with Gasteiger partial charge >= 0.3 is 0 Å². The average Bonchev–Trinajstić information content (AvgIpc) is 2.71. The maximum absolute atomic E-state index is 13.3. The van der Waals surface area contributed by atoms with Crippen molar-refractivity contribution >= 4 is 18.3 Å². The van der Waals surface area contributed by atoms with Gasteiger partial charge in [-0.3, -0.25) is 4.79 Å². The van der Waals surface area contributed by atoms with Gasteiger partial charge in [0.25, 0.3) is 0 Å². The van der Waals surface area contributed by atoms with Crippen LogP contribution < -0.4 is 5.32 Å². The second-order valence-electron chi connectivity index (χ2n) is 4.88. The minimum atomic E-state index is -0.243. The van der Waals surface area contributed by atoms with E-state index in [4.69, 9.17) is 0 Å². The normalized spacial score (nSPS) is 22.2. The van der Waals surface area contributed by atoms with E-state index in [1.165, 1.54) is 12.1 Å². The van der Waals surface area contributed by atoms with E-state index in [-0.39, 0.29) is 30.2 Å². The van der Waals surface area contributed by atoms with Crippen molar-refractivity contribution in [3.63, 3.8) is 0 Å². The van der Waals surface area contributed by atoms with Crippen LogP contribution in [0.2, 0.25) is 0 Å². The van der Waals surface area contributed by atoms with Crippen LogP contribution in [-0.4, -0.2) is 30.9 Å². The number of hydrogen-bond acceptors (Lipinski definition) is 2. The molecule has 0 aliphatic carbocycles. The van der Waals surface area contributed by atoms with Gasteiger partial charge in [0, 0.05) is 6.54 Å². The van der Waals surface area contributed by atoms with Crippen molar-refractivity contribution in [2.45, 2.75) is 19.4 Å². The molecule has 1 heterocycles. The Bertz CT molecular complexity index is 441. The number of carbonyl (C=O) groups is 1. The first-order valence-electron chi connectivity index (χ1n) is 6.33. The summed E-state index contributed by atoms with van der Waals surface area (Å²) in [5.74, 6) is 0.205. The quantitative estimate of drug-likeness (QED) is 0.925. The van der Waals surface area contributed by atoms with Crippen LogP contribution in [0.3, 0.4) is 0 Å². The molecule has 2 unspecified atom stereocenters. The van der Waals surface area contributed by atoms with Crippen LogP contribution in [0.1, 0.15) is 24.9 Å². The fraction of sp³-hybridized carbons (Fsp3) is 0.500. The first-order valence-corrected chi connectivity index (χ1v) is 6.33. The summed E-state index contributed by atoms with van der Waals surface area (Å²) in [4.78, 5) is 13.9. The van der Waals surface area contributed by atoms with Crippen molar-refractivity contribution in [2.75, 3.05) is 20.1 Å². The minimum Gasteiger partial charge on any atom is -0.334 e. The Hall–Kier alpha value is -1.13. The summed E-state index contributed by atoms with van der Waals surface area (Å²) in [6, 6.07) is 6.57. The van der Waals surface area contributed by atoms with E-state index >= 15 is 0 Å². The number of hydrogen-bond donors (Lipinski definition) is 1. The number of carbonyl (C=O) groups excluding carboxylic acids is 1. The zero-order valence-corrected chi connectivity index (χ0v) is 12.0. The summed E-state index contributed by atoms with van der Waals surface area (Å²) in [6.07, 6.45) is 0.969. The molecule has 3 nitrogen and oxygen atoms in total. The highest BCUT2D eigenvalue weighted by molar-refractivity contribution is 5.85. The third-order valence-corrected chi connectivity index (χ3v) is 3.54. The number of amides is 1. The van der Waals surface area contributed by atoms with Crippen LogP contribution in [0.5, 0.6) is 0 Å². The highest BCUT2D eigenvalue weighted by Crippen LogP contribution is 2.36.